The van der Waals surface area contributed by atoms with E-state index in [1.54, 1.807) is 0 Å². The fourth-order valence-corrected chi connectivity index (χ4v) is 5.49. The van der Waals surface area contributed by atoms with Gasteiger partial charge in [-0.2, -0.15) is 0 Å². The molecule has 4 rings (SSSR count). The SMILES string of the molecule is O=C(CSc1ccccc1C(=O)N1CCC2(CCNC2)CC1)N1CCCC1. The number of benzene rings is 1. The van der Waals surface area contributed by atoms with Gasteiger partial charge in [0.25, 0.3) is 5.91 Å². The van der Waals surface area contributed by atoms with Gasteiger partial charge in [-0.3, -0.25) is 9.59 Å². The van der Waals surface area contributed by atoms with E-state index in [9.17, 15) is 9.59 Å². The Labute approximate surface area is 165 Å². The highest BCUT2D eigenvalue weighted by atomic mass is 32.2. The van der Waals surface area contributed by atoms with Crippen molar-refractivity contribution in [3.63, 3.8) is 0 Å². The molecular formula is C21H29N3O2S. The van der Waals surface area contributed by atoms with Gasteiger partial charge in [-0.05, 0) is 56.2 Å². The van der Waals surface area contributed by atoms with Crippen molar-refractivity contribution in [1.82, 2.24) is 15.1 Å². The molecule has 27 heavy (non-hydrogen) atoms. The van der Waals surface area contributed by atoms with Crippen molar-refractivity contribution >= 4 is 23.6 Å². The molecule has 0 aliphatic carbocycles. The van der Waals surface area contributed by atoms with Crippen molar-refractivity contribution in [2.45, 2.75) is 37.0 Å². The first-order chi connectivity index (χ1) is 13.2. The summed E-state index contributed by atoms with van der Waals surface area (Å²) in [7, 11) is 0. The monoisotopic (exact) mass is 387 g/mol. The van der Waals surface area contributed by atoms with Crippen LogP contribution in [-0.4, -0.2) is 66.6 Å². The second-order valence-electron chi connectivity index (χ2n) is 8.09. The molecule has 3 heterocycles. The van der Waals surface area contributed by atoms with Crippen LogP contribution in [0.15, 0.2) is 29.2 Å². The van der Waals surface area contributed by atoms with Gasteiger partial charge in [0.2, 0.25) is 5.91 Å². The van der Waals surface area contributed by atoms with Crippen LogP contribution in [0.3, 0.4) is 0 Å². The Balaban J connectivity index is 1.38. The lowest BCUT2D eigenvalue weighted by Crippen LogP contribution is -2.44. The lowest BCUT2D eigenvalue weighted by Gasteiger charge is -2.39. The van der Waals surface area contributed by atoms with Gasteiger partial charge in [0.15, 0.2) is 0 Å². The zero-order valence-electron chi connectivity index (χ0n) is 15.9. The number of hydrogen-bond acceptors (Lipinski definition) is 4. The number of amides is 2. The highest BCUT2D eigenvalue weighted by Gasteiger charge is 2.38. The van der Waals surface area contributed by atoms with Gasteiger partial charge >= 0.3 is 0 Å². The summed E-state index contributed by atoms with van der Waals surface area (Å²) in [5.74, 6) is 0.722. The number of hydrogen-bond donors (Lipinski definition) is 1. The third-order valence-corrected chi connectivity index (χ3v) is 7.43. The molecule has 2 amide bonds. The van der Waals surface area contributed by atoms with Gasteiger partial charge in [0, 0.05) is 37.6 Å². The van der Waals surface area contributed by atoms with Crippen LogP contribution in [0.2, 0.25) is 0 Å². The topological polar surface area (TPSA) is 52.7 Å². The summed E-state index contributed by atoms with van der Waals surface area (Å²) >= 11 is 1.50. The fraction of sp³-hybridized carbons (Fsp3) is 0.619. The molecular weight excluding hydrogens is 358 g/mol. The summed E-state index contributed by atoms with van der Waals surface area (Å²) < 4.78 is 0. The van der Waals surface area contributed by atoms with Gasteiger partial charge in [0.1, 0.15) is 0 Å². The molecule has 0 bridgehead atoms. The average molecular weight is 388 g/mol. The van der Waals surface area contributed by atoms with Gasteiger partial charge in [-0.15, -0.1) is 11.8 Å². The second kappa shape index (κ2) is 8.23. The lowest BCUT2D eigenvalue weighted by molar-refractivity contribution is -0.127. The maximum atomic E-state index is 13.1. The van der Waals surface area contributed by atoms with Crippen molar-refractivity contribution in [1.29, 1.82) is 0 Å². The van der Waals surface area contributed by atoms with Crippen LogP contribution < -0.4 is 5.32 Å². The van der Waals surface area contributed by atoms with Gasteiger partial charge in [-0.25, -0.2) is 0 Å². The van der Waals surface area contributed by atoms with Crippen LogP contribution >= 0.6 is 11.8 Å². The van der Waals surface area contributed by atoms with Crippen molar-refractivity contribution in [2.24, 2.45) is 5.41 Å². The fourth-order valence-electron chi connectivity index (χ4n) is 4.54. The molecule has 3 fully saturated rings. The maximum Gasteiger partial charge on any atom is 0.254 e. The predicted octanol–water partition coefficient (Wildman–Crippen LogP) is 2.62. The largest absolute Gasteiger partial charge is 0.342 e. The molecule has 3 aliphatic rings. The summed E-state index contributed by atoms with van der Waals surface area (Å²) in [4.78, 5) is 30.4. The zero-order chi connectivity index (χ0) is 18.7. The second-order valence-corrected chi connectivity index (χ2v) is 9.11. The number of carbonyl (C=O) groups excluding carboxylic acids is 2. The molecule has 3 saturated heterocycles. The minimum atomic E-state index is 0.118. The van der Waals surface area contributed by atoms with Crippen LogP contribution in [-0.2, 0) is 4.79 Å². The molecule has 5 nitrogen and oxygen atoms in total. The van der Waals surface area contributed by atoms with Crippen LogP contribution in [0.5, 0.6) is 0 Å². The molecule has 0 saturated carbocycles. The number of likely N-dealkylation sites (tertiary alicyclic amines) is 2. The van der Waals surface area contributed by atoms with E-state index in [1.807, 2.05) is 34.1 Å². The third kappa shape index (κ3) is 4.16. The molecule has 1 aromatic rings. The molecule has 146 valence electrons. The van der Waals surface area contributed by atoms with Crippen molar-refractivity contribution in [2.75, 3.05) is 45.0 Å². The number of nitrogens with one attached hydrogen (secondary N) is 1. The molecule has 0 radical (unpaired) electrons. The zero-order valence-corrected chi connectivity index (χ0v) is 16.7. The quantitative estimate of drug-likeness (QED) is 0.807. The molecule has 0 unspecified atom stereocenters. The number of thioether (sulfide) groups is 1. The number of piperidine rings is 1. The smallest absolute Gasteiger partial charge is 0.254 e. The average Bonchev–Trinajstić information content (AvgIpc) is 3.39. The van der Waals surface area contributed by atoms with Crippen LogP contribution in [0.1, 0.15) is 42.5 Å². The Hall–Kier alpha value is -1.53. The predicted molar refractivity (Wildman–Crippen MR) is 108 cm³/mol. The third-order valence-electron chi connectivity index (χ3n) is 6.37. The highest BCUT2D eigenvalue weighted by molar-refractivity contribution is 8.00. The summed E-state index contributed by atoms with van der Waals surface area (Å²) in [6.45, 7) is 5.64. The normalized spacial score (nSPS) is 21.8. The summed E-state index contributed by atoms with van der Waals surface area (Å²) in [5, 5.41) is 3.48. The Morgan fingerprint density at radius 2 is 1.74 bits per heavy atom. The summed E-state index contributed by atoms with van der Waals surface area (Å²) in [6.07, 6.45) is 5.64. The van der Waals surface area contributed by atoms with Crippen LogP contribution in [0, 0.1) is 5.41 Å². The molecule has 6 heteroatoms. The number of nitrogens with zero attached hydrogens (tertiary/aromatic N) is 2. The van der Waals surface area contributed by atoms with E-state index >= 15 is 0 Å². The standard InChI is InChI=1S/C21H29N3O2S/c25-19(23-11-3-4-12-23)15-27-18-6-2-1-5-17(18)20(26)24-13-8-21(9-14-24)7-10-22-16-21/h1-2,5-6,22H,3-4,7-16H2. The van der Waals surface area contributed by atoms with Gasteiger partial charge in [-0.1, -0.05) is 12.1 Å². The Morgan fingerprint density at radius 3 is 2.44 bits per heavy atom. The summed E-state index contributed by atoms with van der Waals surface area (Å²) in [6, 6.07) is 7.76. The van der Waals surface area contributed by atoms with E-state index in [0.29, 0.717) is 11.2 Å². The molecule has 1 aromatic carbocycles. The molecule has 1 spiro atoms. The highest BCUT2D eigenvalue weighted by Crippen LogP contribution is 2.37. The first kappa shape index (κ1) is 18.8. The Bertz CT molecular complexity index is 686. The van der Waals surface area contributed by atoms with Crippen LogP contribution in [0.4, 0.5) is 0 Å². The van der Waals surface area contributed by atoms with E-state index in [-0.39, 0.29) is 11.8 Å². The van der Waals surface area contributed by atoms with E-state index < -0.39 is 0 Å². The Morgan fingerprint density at radius 1 is 1.00 bits per heavy atom. The van der Waals surface area contributed by atoms with Crippen molar-refractivity contribution in [3.8, 4) is 0 Å². The van der Waals surface area contributed by atoms with E-state index in [0.717, 1.165) is 75.4 Å². The molecule has 1 N–H and O–H groups in total. The first-order valence-corrected chi connectivity index (χ1v) is 11.2. The van der Waals surface area contributed by atoms with E-state index in [4.69, 9.17) is 0 Å². The first-order valence-electron chi connectivity index (χ1n) is 10.2. The number of carbonyl (C=O) groups is 2. The minimum Gasteiger partial charge on any atom is -0.342 e. The van der Waals surface area contributed by atoms with Crippen molar-refractivity contribution < 1.29 is 9.59 Å². The van der Waals surface area contributed by atoms with Crippen LogP contribution in [0.25, 0.3) is 0 Å². The van der Waals surface area contributed by atoms with Crippen molar-refractivity contribution in [3.05, 3.63) is 29.8 Å². The number of rotatable bonds is 4. The minimum absolute atomic E-state index is 0.118. The summed E-state index contributed by atoms with van der Waals surface area (Å²) in [5.41, 5.74) is 1.16. The molecule has 3 aliphatic heterocycles. The lowest BCUT2D eigenvalue weighted by atomic mass is 9.78. The maximum absolute atomic E-state index is 13.1. The van der Waals surface area contributed by atoms with Gasteiger partial charge in [0.05, 0.1) is 11.3 Å². The molecule has 0 aromatic heterocycles. The Kier molecular flexibility index (Phi) is 5.74. The molecule has 0 atom stereocenters. The van der Waals surface area contributed by atoms with Gasteiger partial charge < -0.3 is 15.1 Å². The van der Waals surface area contributed by atoms with E-state index in [2.05, 4.69) is 5.32 Å². The van der Waals surface area contributed by atoms with E-state index in [1.165, 1.54) is 18.2 Å².